The molecule has 2 aromatic rings. The van der Waals surface area contributed by atoms with E-state index < -0.39 is 12.0 Å². The molecule has 156 valence electrons. The van der Waals surface area contributed by atoms with Crippen molar-refractivity contribution in [2.75, 3.05) is 6.61 Å². The molecule has 2 aromatic carbocycles. The van der Waals surface area contributed by atoms with Gasteiger partial charge in [0.25, 0.3) is 0 Å². The quantitative estimate of drug-likeness (QED) is 0.609. The fraction of sp³-hybridized carbons (Fsp3) is 0.417. The van der Waals surface area contributed by atoms with Crippen molar-refractivity contribution in [2.45, 2.75) is 45.7 Å². The van der Waals surface area contributed by atoms with Crippen LogP contribution in [-0.2, 0) is 9.59 Å². The third-order valence-corrected chi connectivity index (χ3v) is 5.10. The first kappa shape index (κ1) is 22.6. The second kappa shape index (κ2) is 10.8. The normalized spacial score (nSPS) is 13.4. The molecule has 5 heteroatoms. The summed E-state index contributed by atoms with van der Waals surface area (Å²) < 4.78 is 0. The highest BCUT2D eigenvalue weighted by Crippen LogP contribution is 2.25. The molecule has 0 aliphatic carbocycles. The summed E-state index contributed by atoms with van der Waals surface area (Å²) in [6.07, 6.45) is 0. The van der Waals surface area contributed by atoms with Crippen molar-refractivity contribution in [1.82, 2.24) is 10.6 Å². The number of carbonyl (C=O) groups excluding carboxylic acids is 2. The first-order valence-corrected chi connectivity index (χ1v) is 10.2. The van der Waals surface area contributed by atoms with Gasteiger partial charge >= 0.3 is 0 Å². The largest absolute Gasteiger partial charge is 0.394 e. The molecule has 0 aromatic heterocycles. The Hall–Kier alpha value is -2.66. The molecule has 0 unspecified atom stereocenters. The molecule has 2 atom stereocenters. The number of hydrogen-bond acceptors (Lipinski definition) is 3. The summed E-state index contributed by atoms with van der Waals surface area (Å²) in [5.74, 6) is -1.01. The molecule has 0 saturated carbocycles. The van der Waals surface area contributed by atoms with Gasteiger partial charge in [0, 0.05) is 0 Å². The summed E-state index contributed by atoms with van der Waals surface area (Å²) in [5, 5.41) is 15.3. The first-order chi connectivity index (χ1) is 13.8. The van der Waals surface area contributed by atoms with Crippen LogP contribution in [0.4, 0.5) is 0 Å². The standard InChI is InChI=1S/C24H32N2O3/c1-16(2)20(15-27)25-24(29)22(17(3)4)26-23(28)21(18-11-7-5-8-12-18)19-13-9-6-10-14-19/h5-14,16-17,20-22,27H,15H2,1-4H3,(H,25,29)(H,26,28)/t20-,22-/m0/s1. The molecule has 0 heterocycles. The van der Waals surface area contributed by atoms with E-state index in [1.54, 1.807) is 0 Å². The van der Waals surface area contributed by atoms with Crippen LogP contribution < -0.4 is 10.6 Å². The Morgan fingerprint density at radius 2 is 1.24 bits per heavy atom. The lowest BCUT2D eigenvalue weighted by Gasteiger charge is -2.28. The summed E-state index contributed by atoms with van der Waals surface area (Å²) in [6.45, 7) is 7.52. The van der Waals surface area contributed by atoms with Gasteiger partial charge in [-0.15, -0.1) is 0 Å². The maximum Gasteiger partial charge on any atom is 0.243 e. The molecule has 29 heavy (non-hydrogen) atoms. The van der Waals surface area contributed by atoms with Crippen LogP contribution >= 0.6 is 0 Å². The van der Waals surface area contributed by atoms with E-state index in [1.807, 2.05) is 88.4 Å². The number of nitrogens with one attached hydrogen (secondary N) is 2. The van der Waals surface area contributed by atoms with Crippen molar-refractivity contribution >= 4 is 11.8 Å². The Morgan fingerprint density at radius 3 is 1.62 bits per heavy atom. The third kappa shape index (κ3) is 6.16. The lowest BCUT2D eigenvalue weighted by Crippen LogP contribution is -2.54. The molecule has 0 aliphatic rings. The van der Waals surface area contributed by atoms with Crippen molar-refractivity contribution < 1.29 is 14.7 Å². The molecule has 2 rings (SSSR count). The number of hydrogen-bond donors (Lipinski definition) is 3. The van der Waals surface area contributed by atoms with E-state index in [4.69, 9.17) is 0 Å². The summed E-state index contributed by atoms with van der Waals surface area (Å²) >= 11 is 0. The topological polar surface area (TPSA) is 78.4 Å². The Bertz CT molecular complexity index is 736. The zero-order chi connectivity index (χ0) is 21.4. The van der Waals surface area contributed by atoms with Crippen molar-refractivity contribution in [2.24, 2.45) is 11.8 Å². The van der Waals surface area contributed by atoms with Crippen LogP contribution in [0.25, 0.3) is 0 Å². The number of carbonyl (C=O) groups is 2. The zero-order valence-electron chi connectivity index (χ0n) is 17.6. The van der Waals surface area contributed by atoms with Crippen LogP contribution in [0.3, 0.4) is 0 Å². The van der Waals surface area contributed by atoms with Gasteiger partial charge < -0.3 is 15.7 Å². The lowest BCUT2D eigenvalue weighted by atomic mass is 9.89. The average Bonchev–Trinajstić information content (AvgIpc) is 2.71. The van der Waals surface area contributed by atoms with Crippen molar-refractivity contribution in [3.8, 4) is 0 Å². The van der Waals surface area contributed by atoms with Gasteiger partial charge in [-0.1, -0.05) is 88.4 Å². The number of aliphatic hydroxyl groups is 1. The number of rotatable bonds is 9. The van der Waals surface area contributed by atoms with Crippen molar-refractivity contribution in [3.05, 3.63) is 71.8 Å². The lowest BCUT2D eigenvalue weighted by molar-refractivity contribution is -0.131. The minimum absolute atomic E-state index is 0.0915. The molecule has 0 spiro atoms. The molecule has 0 bridgehead atoms. The Labute approximate surface area is 173 Å². The third-order valence-electron chi connectivity index (χ3n) is 5.10. The molecular weight excluding hydrogens is 364 g/mol. The smallest absolute Gasteiger partial charge is 0.243 e. The van der Waals surface area contributed by atoms with Gasteiger partial charge in [0.05, 0.1) is 18.6 Å². The van der Waals surface area contributed by atoms with Crippen LogP contribution in [0.5, 0.6) is 0 Å². The molecule has 5 nitrogen and oxygen atoms in total. The summed E-state index contributed by atoms with van der Waals surface area (Å²) in [7, 11) is 0. The molecule has 2 amide bonds. The zero-order valence-corrected chi connectivity index (χ0v) is 17.6. The van der Waals surface area contributed by atoms with Gasteiger partial charge in [-0.3, -0.25) is 9.59 Å². The van der Waals surface area contributed by atoms with Crippen LogP contribution in [0.2, 0.25) is 0 Å². The van der Waals surface area contributed by atoms with Crippen LogP contribution in [0.15, 0.2) is 60.7 Å². The van der Waals surface area contributed by atoms with Gasteiger partial charge in [0.1, 0.15) is 6.04 Å². The van der Waals surface area contributed by atoms with Gasteiger partial charge in [-0.25, -0.2) is 0 Å². The molecule has 0 saturated heterocycles. The van der Waals surface area contributed by atoms with E-state index in [0.717, 1.165) is 11.1 Å². The minimum Gasteiger partial charge on any atom is -0.394 e. The van der Waals surface area contributed by atoms with E-state index in [-0.39, 0.29) is 36.3 Å². The van der Waals surface area contributed by atoms with Gasteiger partial charge in [0.15, 0.2) is 0 Å². The summed E-state index contributed by atoms with van der Waals surface area (Å²) in [6, 6.07) is 18.1. The van der Waals surface area contributed by atoms with Crippen LogP contribution in [-0.4, -0.2) is 35.6 Å². The minimum atomic E-state index is -0.690. The van der Waals surface area contributed by atoms with E-state index in [1.165, 1.54) is 0 Å². The van der Waals surface area contributed by atoms with Gasteiger partial charge in [-0.05, 0) is 23.0 Å². The van der Waals surface area contributed by atoms with E-state index >= 15 is 0 Å². The fourth-order valence-corrected chi connectivity index (χ4v) is 3.25. The maximum atomic E-state index is 13.3. The van der Waals surface area contributed by atoms with Crippen molar-refractivity contribution in [1.29, 1.82) is 0 Å². The number of amides is 2. The van der Waals surface area contributed by atoms with Gasteiger partial charge in [-0.2, -0.15) is 0 Å². The molecule has 3 N–H and O–H groups in total. The molecule has 0 fully saturated rings. The van der Waals surface area contributed by atoms with E-state index in [2.05, 4.69) is 10.6 Å². The predicted octanol–water partition coefficient (Wildman–Crippen LogP) is 3.09. The molecule has 0 aliphatic heterocycles. The highest BCUT2D eigenvalue weighted by Gasteiger charge is 2.30. The SMILES string of the molecule is CC(C)[C@H](CO)NC(=O)[C@@H](NC(=O)C(c1ccccc1)c1ccccc1)C(C)C. The Kier molecular flexibility index (Phi) is 8.40. The Morgan fingerprint density at radius 1 is 0.759 bits per heavy atom. The van der Waals surface area contributed by atoms with E-state index in [0.29, 0.717) is 0 Å². The number of aliphatic hydroxyl groups excluding tert-OH is 1. The second-order valence-corrected chi connectivity index (χ2v) is 8.03. The van der Waals surface area contributed by atoms with Crippen LogP contribution in [0.1, 0.15) is 44.7 Å². The summed E-state index contributed by atoms with van der Waals surface area (Å²) in [5.41, 5.74) is 1.74. The van der Waals surface area contributed by atoms with Crippen LogP contribution in [0, 0.1) is 11.8 Å². The molecular formula is C24H32N2O3. The van der Waals surface area contributed by atoms with Gasteiger partial charge in [0.2, 0.25) is 11.8 Å². The highest BCUT2D eigenvalue weighted by molar-refractivity contribution is 5.92. The average molecular weight is 397 g/mol. The first-order valence-electron chi connectivity index (χ1n) is 10.2. The highest BCUT2D eigenvalue weighted by atomic mass is 16.3. The molecule has 0 radical (unpaired) electrons. The summed E-state index contributed by atoms with van der Waals surface area (Å²) in [4.78, 5) is 26.2. The Balaban J connectivity index is 2.26. The van der Waals surface area contributed by atoms with Crippen molar-refractivity contribution in [3.63, 3.8) is 0 Å². The number of benzene rings is 2. The maximum absolute atomic E-state index is 13.3. The fourth-order valence-electron chi connectivity index (χ4n) is 3.25. The monoisotopic (exact) mass is 396 g/mol. The second-order valence-electron chi connectivity index (χ2n) is 8.03. The predicted molar refractivity (Wildman–Crippen MR) is 115 cm³/mol. The van der Waals surface area contributed by atoms with E-state index in [9.17, 15) is 14.7 Å².